The third-order valence-corrected chi connectivity index (χ3v) is 4.57. The first-order chi connectivity index (χ1) is 11.5. The Bertz CT molecular complexity index is 694. The van der Waals surface area contributed by atoms with Crippen LogP contribution in [0.5, 0.6) is 0 Å². The predicted molar refractivity (Wildman–Crippen MR) is 95.8 cm³/mol. The van der Waals surface area contributed by atoms with E-state index in [9.17, 15) is 14.4 Å². The van der Waals surface area contributed by atoms with Gasteiger partial charge >= 0.3 is 11.8 Å². The highest BCUT2D eigenvalue weighted by Gasteiger charge is 2.48. The number of benzene rings is 1. The predicted octanol–water partition coefficient (Wildman–Crippen LogP) is 1.23. The summed E-state index contributed by atoms with van der Waals surface area (Å²) >= 11 is 0. The minimum atomic E-state index is -0.801. The lowest BCUT2D eigenvalue weighted by molar-refractivity contribution is -0.156. The molecule has 1 aromatic rings. The maximum absolute atomic E-state index is 12.9. The van der Waals surface area contributed by atoms with Gasteiger partial charge in [0, 0.05) is 17.1 Å². The molecule has 5 N–H and O–H groups in total. The summed E-state index contributed by atoms with van der Waals surface area (Å²) in [6, 6.07) is 6.28. The molecule has 25 heavy (non-hydrogen) atoms. The average molecular weight is 346 g/mol. The second-order valence-corrected chi connectivity index (χ2v) is 7.80. The topological polar surface area (TPSA) is 119 Å². The van der Waals surface area contributed by atoms with E-state index in [2.05, 4.69) is 5.32 Å². The minimum absolute atomic E-state index is 0.0345. The molecule has 136 valence electrons. The van der Waals surface area contributed by atoms with Crippen molar-refractivity contribution in [3.05, 3.63) is 29.8 Å². The summed E-state index contributed by atoms with van der Waals surface area (Å²) in [6.45, 7) is 7.60. The quantitative estimate of drug-likeness (QED) is 0.698. The van der Waals surface area contributed by atoms with Gasteiger partial charge in [-0.05, 0) is 52.7 Å². The summed E-state index contributed by atoms with van der Waals surface area (Å²) in [4.78, 5) is 38.5. The van der Waals surface area contributed by atoms with E-state index >= 15 is 0 Å². The highest BCUT2D eigenvalue weighted by atomic mass is 16.2. The lowest BCUT2D eigenvalue weighted by Crippen LogP contribution is -2.66. The molecule has 1 aliphatic rings. The van der Waals surface area contributed by atoms with E-state index in [0.717, 1.165) is 0 Å². The number of primary amides is 1. The van der Waals surface area contributed by atoms with E-state index in [1.165, 1.54) is 12.1 Å². The van der Waals surface area contributed by atoms with Crippen LogP contribution in [-0.4, -0.2) is 39.7 Å². The number of nitrogens with two attached hydrogens (primary N) is 2. The van der Waals surface area contributed by atoms with Crippen molar-refractivity contribution in [1.82, 2.24) is 4.90 Å². The molecule has 7 heteroatoms. The number of para-hydroxylation sites is 1. The van der Waals surface area contributed by atoms with Crippen molar-refractivity contribution >= 4 is 23.4 Å². The van der Waals surface area contributed by atoms with Crippen LogP contribution < -0.4 is 16.8 Å². The number of rotatable bonds is 2. The van der Waals surface area contributed by atoms with Crippen LogP contribution in [0.4, 0.5) is 5.69 Å². The number of likely N-dealkylation sites (tertiary alicyclic amines) is 1. The van der Waals surface area contributed by atoms with Crippen molar-refractivity contribution in [2.75, 3.05) is 5.32 Å². The van der Waals surface area contributed by atoms with Crippen molar-refractivity contribution in [1.29, 1.82) is 0 Å². The van der Waals surface area contributed by atoms with E-state index in [0.29, 0.717) is 12.8 Å². The zero-order chi connectivity index (χ0) is 19.0. The molecular formula is C18H26N4O3. The molecule has 0 unspecified atom stereocenters. The van der Waals surface area contributed by atoms with Crippen LogP contribution in [0.1, 0.15) is 50.9 Å². The third kappa shape index (κ3) is 3.82. The van der Waals surface area contributed by atoms with Gasteiger partial charge in [-0.1, -0.05) is 12.1 Å². The summed E-state index contributed by atoms with van der Waals surface area (Å²) in [5.74, 6) is -2.13. The molecule has 3 amide bonds. The summed E-state index contributed by atoms with van der Waals surface area (Å²) in [7, 11) is 0. The highest BCUT2D eigenvalue weighted by Crippen LogP contribution is 2.37. The Morgan fingerprint density at radius 2 is 1.60 bits per heavy atom. The van der Waals surface area contributed by atoms with Crippen LogP contribution in [0.3, 0.4) is 0 Å². The molecule has 0 aromatic heterocycles. The number of anilines is 1. The van der Waals surface area contributed by atoms with Gasteiger partial charge in [0.1, 0.15) is 0 Å². The van der Waals surface area contributed by atoms with Crippen LogP contribution >= 0.6 is 0 Å². The van der Waals surface area contributed by atoms with Crippen molar-refractivity contribution < 1.29 is 14.4 Å². The number of hydrogen-bond acceptors (Lipinski definition) is 4. The molecule has 1 heterocycles. The number of nitrogens with zero attached hydrogens (tertiary/aromatic N) is 1. The molecule has 1 fully saturated rings. The average Bonchev–Trinajstić information content (AvgIpc) is 2.44. The van der Waals surface area contributed by atoms with Gasteiger partial charge in [0.25, 0.3) is 5.91 Å². The molecule has 1 aliphatic heterocycles. The van der Waals surface area contributed by atoms with Crippen molar-refractivity contribution in [2.24, 2.45) is 11.5 Å². The lowest BCUT2D eigenvalue weighted by Gasteiger charge is -2.54. The van der Waals surface area contributed by atoms with Gasteiger partial charge in [-0.15, -0.1) is 0 Å². The number of nitrogens with one attached hydrogen (secondary N) is 1. The number of amides is 3. The summed E-state index contributed by atoms with van der Waals surface area (Å²) in [5.41, 5.74) is 10.7. The van der Waals surface area contributed by atoms with Gasteiger partial charge in [0.2, 0.25) is 0 Å². The Kier molecular flexibility index (Phi) is 4.90. The van der Waals surface area contributed by atoms with Gasteiger partial charge in [-0.25, -0.2) is 0 Å². The zero-order valence-electron chi connectivity index (χ0n) is 15.1. The fourth-order valence-electron chi connectivity index (χ4n) is 3.99. The largest absolute Gasteiger partial charge is 0.366 e. The molecule has 0 atom stereocenters. The Morgan fingerprint density at radius 1 is 1.08 bits per heavy atom. The molecule has 0 spiro atoms. The van der Waals surface area contributed by atoms with Crippen LogP contribution in [0.25, 0.3) is 0 Å². The standard InChI is InChI=1S/C18H26N4O3/c1-17(2)9-11(19)10-18(3,4)22(17)16(25)15(24)21-13-8-6-5-7-12(13)14(20)23/h5-8,11H,9-10,19H2,1-4H3,(H2,20,23)(H,21,24). The zero-order valence-corrected chi connectivity index (χ0v) is 15.1. The molecule has 1 saturated heterocycles. The number of piperidine rings is 1. The number of carbonyl (C=O) groups excluding carboxylic acids is 3. The lowest BCUT2D eigenvalue weighted by atomic mass is 9.77. The second kappa shape index (κ2) is 6.48. The fraction of sp³-hybridized carbons (Fsp3) is 0.500. The summed E-state index contributed by atoms with van der Waals surface area (Å²) < 4.78 is 0. The maximum atomic E-state index is 12.9. The van der Waals surface area contributed by atoms with Crippen molar-refractivity contribution in [3.63, 3.8) is 0 Å². The van der Waals surface area contributed by atoms with Crippen LogP contribution in [0.15, 0.2) is 24.3 Å². The summed E-state index contributed by atoms with van der Waals surface area (Å²) in [6.07, 6.45) is 1.21. The van der Waals surface area contributed by atoms with Gasteiger partial charge in [-0.2, -0.15) is 0 Å². The van der Waals surface area contributed by atoms with E-state index in [1.54, 1.807) is 17.0 Å². The molecule has 0 saturated carbocycles. The Morgan fingerprint density at radius 3 is 2.12 bits per heavy atom. The minimum Gasteiger partial charge on any atom is -0.366 e. The molecule has 0 radical (unpaired) electrons. The SMILES string of the molecule is CC1(C)CC(N)CC(C)(C)N1C(=O)C(=O)Nc1ccccc1C(N)=O. The number of hydrogen-bond donors (Lipinski definition) is 3. The molecule has 1 aromatic carbocycles. The van der Waals surface area contributed by atoms with Crippen LogP contribution in [-0.2, 0) is 9.59 Å². The highest BCUT2D eigenvalue weighted by molar-refractivity contribution is 6.40. The third-order valence-electron chi connectivity index (χ3n) is 4.57. The molecular weight excluding hydrogens is 320 g/mol. The molecule has 7 nitrogen and oxygen atoms in total. The van der Waals surface area contributed by atoms with E-state index in [4.69, 9.17) is 11.5 Å². The van der Waals surface area contributed by atoms with Crippen molar-refractivity contribution in [3.8, 4) is 0 Å². The number of carbonyl (C=O) groups is 3. The normalized spacial score (nSPS) is 19.3. The maximum Gasteiger partial charge on any atom is 0.313 e. The first kappa shape index (κ1) is 18.9. The van der Waals surface area contributed by atoms with Crippen LogP contribution in [0.2, 0.25) is 0 Å². The smallest absolute Gasteiger partial charge is 0.313 e. The monoisotopic (exact) mass is 346 g/mol. The van der Waals surface area contributed by atoms with Gasteiger partial charge < -0.3 is 21.7 Å². The fourth-order valence-corrected chi connectivity index (χ4v) is 3.99. The van der Waals surface area contributed by atoms with E-state index in [-0.39, 0.29) is 17.3 Å². The molecule has 2 rings (SSSR count). The Hall–Kier alpha value is -2.41. The van der Waals surface area contributed by atoms with E-state index < -0.39 is 28.8 Å². The first-order valence-electron chi connectivity index (χ1n) is 8.26. The Balaban J connectivity index is 2.28. The Labute approximate surface area is 147 Å². The van der Waals surface area contributed by atoms with Crippen molar-refractivity contribution in [2.45, 2.75) is 57.7 Å². The molecule has 0 aliphatic carbocycles. The first-order valence-corrected chi connectivity index (χ1v) is 8.26. The van der Waals surface area contributed by atoms with Gasteiger partial charge in [-0.3, -0.25) is 14.4 Å². The van der Waals surface area contributed by atoms with Crippen LogP contribution in [0, 0.1) is 0 Å². The second-order valence-electron chi connectivity index (χ2n) is 7.80. The van der Waals surface area contributed by atoms with Gasteiger partial charge in [0.05, 0.1) is 11.3 Å². The summed E-state index contributed by atoms with van der Waals surface area (Å²) in [5, 5.41) is 2.51. The van der Waals surface area contributed by atoms with E-state index in [1.807, 2.05) is 27.7 Å². The van der Waals surface area contributed by atoms with Gasteiger partial charge in [0.15, 0.2) is 0 Å². The molecule has 0 bridgehead atoms.